The number of benzene rings is 2. The number of imide groups is 1. The summed E-state index contributed by atoms with van der Waals surface area (Å²) in [6.07, 6.45) is 0. The predicted molar refractivity (Wildman–Crippen MR) is 112 cm³/mol. The van der Waals surface area contributed by atoms with E-state index in [1.54, 1.807) is 41.3 Å². The number of para-hydroxylation sites is 1. The largest absolute Gasteiger partial charge is 0.336 e. The Morgan fingerprint density at radius 3 is 2.28 bits per heavy atom. The molecule has 2 N–H and O–H groups in total. The maximum absolute atomic E-state index is 12.6. The summed E-state index contributed by atoms with van der Waals surface area (Å²) in [6.45, 7) is 2.03. The van der Waals surface area contributed by atoms with Crippen molar-refractivity contribution in [1.82, 2.24) is 15.1 Å². The van der Waals surface area contributed by atoms with E-state index in [0.29, 0.717) is 47.5 Å². The van der Waals surface area contributed by atoms with Crippen molar-refractivity contribution in [2.24, 2.45) is 0 Å². The lowest BCUT2D eigenvalue weighted by atomic mass is 10.2. The SMILES string of the molecule is O=C(CN1CCN(C(=O)c2ccc(Cl)cc2Cl)CC1)NC(=O)Nc1ccccc1. The van der Waals surface area contributed by atoms with Gasteiger partial charge in [0.25, 0.3) is 5.91 Å². The number of rotatable bonds is 4. The highest BCUT2D eigenvalue weighted by atomic mass is 35.5. The molecule has 7 nitrogen and oxygen atoms in total. The third-order valence-electron chi connectivity index (χ3n) is 4.47. The van der Waals surface area contributed by atoms with Crippen LogP contribution in [0.3, 0.4) is 0 Å². The Bertz CT molecular complexity index is 900. The lowest BCUT2D eigenvalue weighted by Crippen LogP contribution is -2.51. The van der Waals surface area contributed by atoms with Crippen molar-refractivity contribution in [1.29, 1.82) is 0 Å². The molecule has 3 rings (SSSR count). The van der Waals surface area contributed by atoms with Crippen LogP contribution < -0.4 is 10.6 Å². The predicted octanol–water partition coefficient (Wildman–Crippen LogP) is 3.10. The van der Waals surface area contributed by atoms with Crippen LogP contribution in [0.2, 0.25) is 10.0 Å². The highest BCUT2D eigenvalue weighted by Gasteiger charge is 2.25. The Morgan fingerprint density at radius 2 is 1.62 bits per heavy atom. The van der Waals surface area contributed by atoms with E-state index in [-0.39, 0.29) is 12.5 Å². The standard InChI is InChI=1S/C20H20Cl2N4O3/c21-14-6-7-16(17(22)12-14)19(28)26-10-8-25(9-11-26)13-18(27)24-20(29)23-15-4-2-1-3-5-15/h1-7,12H,8-11,13H2,(H2,23,24,27,29). The zero-order valence-corrected chi connectivity index (χ0v) is 17.0. The number of hydrogen-bond donors (Lipinski definition) is 2. The maximum Gasteiger partial charge on any atom is 0.325 e. The van der Waals surface area contributed by atoms with Crippen LogP contribution in [0.4, 0.5) is 10.5 Å². The Labute approximate surface area is 178 Å². The van der Waals surface area contributed by atoms with Gasteiger partial charge in [0.1, 0.15) is 0 Å². The molecule has 1 saturated heterocycles. The number of anilines is 1. The molecule has 1 aliphatic heterocycles. The second kappa shape index (κ2) is 9.73. The van der Waals surface area contributed by atoms with Gasteiger partial charge in [0.15, 0.2) is 0 Å². The molecule has 1 aliphatic rings. The van der Waals surface area contributed by atoms with Gasteiger partial charge < -0.3 is 10.2 Å². The lowest BCUT2D eigenvalue weighted by molar-refractivity contribution is -0.121. The number of carbonyl (C=O) groups is 3. The van der Waals surface area contributed by atoms with Gasteiger partial charge in [-0.1, -0.05) is 41.4 Å². The molecule has 9 heteroatoms. The summed E-state index contributed by atoms with van der Waals surface area (Å²) < 4.78 is 0. The molecule has 1 heterocycles. The van der Waals surface area contributed by atoms with Gasteiger partial charge in [-0.3, -0.25) is 19.8 Å². The van der Waals surface area contributed by atoms with Crippen molar-refractivity contribution < 1.29 is 14.4 Å². The molecule has 2 aromatic rings. The molecule has 152 valence electrons. The number of nitrogens with zero attached hydrogens (tertiary/aromatic N) is 2. The van der Waals surface area contributed by atoms with Gasteiger partial charge >= 0.3 is 6.03 Å². The lowest BCUT2D eigenvalue weighted by Gasteiger charge is -2.34. The molecule has 0 bridgehead atoms. The average molecular weight is 435 g/mol. The number of urea groups is 1. The molecule has 0 unspecified atom stereocenters. The van der Waals surface area contributed by atoms with E-state index >= 15 is 0 Å². The summed E-state index contributed by atoms with van der Waals surface area (Å²) in [5, 5.41) is 5.69. The van der Waals surface area contributed by atoms with Crippen LogP contribution >= 0.6 is 23.2 Å². The number of hydrogen-bond acceptors (Lipinski definition) is 4. The molecule has 1 fully saturated rings. The molecular formula is C20H20Cl2N4O3. The maximum atomic E-state index is 12.6. The quantitative estimate of drug-likeness (QED) is 0.774. The van der Waals surface area contributed by atoms with E-state index in [1.165, 1.54) is 6.07 Å². The normalized spacial score (nSPS) is 14.3. The fraction of sp³-hybridized carbons (Fsp3) is 0.250. The second-order valence-electron chi connectivity index (χ2n) is 6.56. The number of carbonyl (C=O) groups excluding carboxylic acids is 3. The van der Waals surface area contributed by atoms with Gasteiger partial charge in [-0.05, 0) is 30.3 Å². The summed E-state index contributed by atoms with van der Waals surface area (Å²) in [6, 6.07) is 13.1. The molecule has 2 aromatic carbocycles. The topological polar surface area (TPSA) is 81.8 Å². The Morgan fingerprint density at radius 1 is 0.931 bits per heavy atom. The fourth-order valence-corrected chi connectivity index (χ4v) is 3.48. The van der Waals surface area contributed by atoms with Crippen LogP contribution in [0, 0.1) is 0 Å². The number of nitrogens with one attached hydrogen (secondary N) is 2. The van der Waals surface area contributed by atoms with Gasteiger partial charge in [-0.15, -0.1) is 0 Å². The highest BCUT2D eigenvalue weighted by Crippen LogP contribution is 2.22. The van der Waals surface area contributed by atoms with Crippen LogP contribution in [0.1, 0.15) is 10.4 Å². The van der Waals surface area contributed by atoms with E-state index in [1.807, 2.05) is 11.0 Å². The summed E-state index contributed by atoms with van der Waals surface area (Å²) in [5.74, 6) is -0.572. The van der Waals surface area contributed by atoms with E-state index in [2.05, 4.69) is 10.6 Å². The number of halogens is 2. The Hall–Kier alpha value is -2.61. The smallest absolute Gasteiger partial charge is 0.325 e. The van der Waals surface area contributed by atoms with Crippen molar-refractivity contribution >= 4 is 46.7 Å². The first-order valence-electron chi connectivity index (χ1n) is 9.05. The van der Waals surface area contributed by atoms with Crippen molar-refractivity contribution in [3.05, 3.63) is 64.1 Å². The molecule has 0 saturated carbocycles. The minimum Gasteiger partial charge on any atom is -0.336 e. The van der Waals surface area contributed by atoms with E-state index < -0.39 is 11.9 Å². The van der Waals surface area contributed by atoms with Crippen LogP contribution in [0.15, 0.2) is 48.5 Å². The Kier molecular flexibility index (Phi) is 7.09. The second-order valence-corrected chi connectivity index (χ2v) is 7.40. The third-order valence-corrected chi connectivity index (χ3v) is 5.02. The summed E-state index contributed by atoms with van der Waals surface area (Å²) in [7, 11) is 0. The van der Waals surface area contributed by atoms with Crippen LogP contribution in [0.5, 0.6) is 0 Å². The van der Waals surface area contributed by atoms with Gasteiger partial charge in [0, 0.05) is 36.9 Å². The number of amides is 4. The zero-order valence-electron chi connectivity index (χ0n) is 15.5. The highest BCUT2D eigenvalue weighted by molar-refractivity contribution is 6.36. The summed E-state index contributed by atoms with van der Waals surface area (Å²) in [4.78, 5) is 40.2. The molecule has 29 heavy (non-hydrogen) atoms. The molecule has 0 aliphatic carbocycles. The third kappa shape index (κ3) is 5.93. The van der Waals surface area contributed by atoms with E-state index in [0.717, 1.165) is 0 Å². The number of piperazine rings is 1. The molecule has 0 aromatic heterocycles. The van der Waals surface area contributed by atoms with Crippen molar-refractivity contribution in [2.45, 2.75) is 0 Å². The average Bonchev–Trinajstić information content (AvgIpc) is 2.68. The van der Waals surface area contributed by atoms with E-state index in [4.69, 9.17) is 23.2 Å². The molecular weight excluding hydrogens is 415 g/mol. The van der Waals surface area contributed by atoms with E-state index in [9.17, 15) is 14.4 Å². The van der Waals surface area contributed by atoms with Crippen LogP contribution in [-0.2, 0) is 4.79 Å². The minimum atomic E-state index is -0.576. The van der Waals surface area contributed by atoms with Gasteiger partial charge in [-0.25, -0.2) is 4.79 Å². The van der Waals surface area contributed by atoms with Gasteiger partial charge in [-0.2, -0.15) is 0 Å². The van der Waals surface area contributed by atoms with Crippen molar-refractivity contribution in [2.75, 3.05) is 38.0 Å². The zero-order chi connectivity index (χ0) is 20.8. The Balaban J connectivity index is 1.45. The van der Waals surface area contributed by atoms with Crippen LogP contribution in [0.25, 0.3) is 0 Å². The minimum absolute atomic E-state index is 0.0753. The molecule has 4 amide bonds. The first-order chi connectivity index (χ1) is 13.9. The molecule has 0 spiro atoms. The first-order valence-corrected chi connectivity index (χ1v) is 9.80. The summed E-state index contributed by atoms with van der Waals surface area (Å²) in [5.41, 5.74) is 1.01. The summed E-state index contributed by atoms with van der Waals surface area (Å²) >= 11 is 12.0. The fourth-order valence-electron chi connectivity index (χ4n) is 3.00. The molecule has 0 atom stereocenters. The monoisotopic (exact) mass is 434 g/mol. The van der Waals surface area contributed by atoms with Gasteiger partial charge in [0.05, 0.1) is 17.1 Å². The molecule has 0 radical (unpaired) electrons. The van der Waals surface area contributed by atoms with Crippen molar-refractivity contribution in [3.8, 4) is 0 Å². The van der Waals surface area contributed by atoms with Crippen LogP contribution in [-0.4, -0.2) is 60.4 Å². The van der Waals surface area contributed by atoms with Crippen molar-refractivity contribution in [3.63, 3.8) is 0 Å². The first kappa shape index (κ1) is 21.1. The van der Waals surface area contributed by atoms with Gasteiger partial charge in [0.2, 0.25) is 5.91 Å².